The van der Waals surface area contributed by atoms with E-state index in [1.165, 1.54) is 11.3 Å². The second-order valence-electron chi connectivity index (χ2n) is 6.70. The van der Waals surface area contributed by atoms with Crippen LogP contribution in [0.3, 0.4) is 0 Å². The third kappa shape index (κ3) is 3.73. The summed E-state index contributed by atoms with van der Waals surface area (Å²) in [4.78, 5) is 18.6. The summed E-state index contributed by atoms with van der Waals surface area (Å²) in [6.45, 7) is 3.97. The first kappa shape index (κ1) is 18.1. The number of nitrogens with one attached hydrogen (secondary N) is 1. The van der Waals surface area contributed by atoms with E-state index in [2.05, 4.69) is 17.4 Å². The van der Waals surface area contributed by atoms with Crippen molar-refractivity contribution < 1.29 is 4.79 Å². The van der Waals surface area contributed by atoms with Crippen LogP contribution < -0.4 is 5.32 Å². The molecule has 0 aliphatic heterocycles. The smallest absolute Gasteiger partial charge is 0.257 e. The molecule has 0 atom stereocenters. The first-order valence-corrected chi connectivity index (χ1v) is 9.94. The molecule has 0 bridgehead atoms. The highest BCUT2D eigenvalue weighted by atomic mass is 32.1. The molecule has 0 fully saturated rings. The van der Waals surface area contributed by atoms with Crippen LogP contribution in [0.4, 0.5) is 5.13 Å². The van der Waals surface area contributed by atoms with Crippen molar-refractivity contribution in [1.29, 1.82) is 0 Å². The highest BCUT2D eigenvalue weighted by Crippen LogP contribution is 2.39. The predicted octanol–water partition coefficient (Wildman–Crippen LogP) is 6.35. The lowest BCUT2D eigenvalue weighted by atomic mass is 10.1. The Morgan fingerprint density at radius 2 is 1.50 bits per heavy atom. The van der Waals surface area contributed by atoms with Gasteiger partial charge in [-0.1, -0.05) is 89.7 Å². The molecular weight excluding hydrogens is 364 g/mol. The molecule has 0 spiro atoms. The Morgan fingerprint density at radius 1 is 0.857 bits per heavy atom. The second kappa shape index (κ2) is 7.79. The number of benzene rings is 3. The van der Waals surface area contributed by atoms with E-state index in [4.69, 9.17) is 4.98 Å². The van der Waals surface area contributed by atoms with Crippen LogP contribution in [-0.2, 0) is 0 Å². The zero-order valence-electron chi connectivity index (χ0n) is 15.8. The van der Waals surface area contributed by atoms with Crippen LogP contribution in [0.15, 0.2) is 78.9 Å². The van der Waals surface area contributed by atoms with Crippen molar-refractivity contribution in [3.63, 3.8) is 0 Å². The summed E-state index contributed by atoms with van der Waals surface area (Å²) in [5.74, 6) is -0.134. The summed E-state index contributed by atoms with van der Waals surface area (Å²) in [6, 6.07) is 26.0. The fraction of sp³-hybridized carbons (Fsp3) is 0.0833. The van der Waals surface area contributed by atoms with Gasteiger partial charge < -0.3 is 0 Å². The number of hydrogen-bond donors (Lipinski definition) is 1. The molecule has 1 amide bonds. The van der Waals surface area contributed by atoms with Crippen LogP contribution in [-0.4, -0.2) is 10.9 Å². The van der Waals surface area contributed by atoms with Gasteiger partial charge in [0.25, 0.3) is 5.91 Å². The van der Waals surface area contributed by atoms with Gasteiger partial charge in [-0.2, -0.15) is 0 Å². The highest BCUT2D eigenvalue weighted by Gasteiger charge is 2.17. The fourth-order valence-corrected chi connectivity index (χ4v) is 4.17. The highest BCUT2D eigenvalue weighted by molar-refractivity contribution is 7.19. The van der Waals surface area contributed by atoms with E-state index in [-0.39, 0.29) is 5.91 Å². The number of thiazole rings is 1. The Kier molecular flexibility index (Phi) is 5.04. The minimum absolute atomic E-state index is 0.134. The molecule has 0 aliphatic rings. The molecule has 4 heteroatoms. The molecule has 0 radical (unpaired) electrons. The summed E-state index contributed by atoms with van der Waals surface area (Å²) in [6.07, 6.45) is 0. The van der Waals surface area contributed by atoms with Gasteiger partial charge in [-0.3, -0.25) is 10.1 Å². The topological polar surface area (TPSA) is 42.0 Å². The average Bonchev–Trinajstić information content (AvgIpc) is 3.13. The Labute approximate surface area is 168 Å². The number of carbonyl (C=O) groups excluding carboxylic acids is 1. The standard InChI is InChI=1S/C24H20N2OS/c1-16-13-14-20(17(2)15-16)23(27)26-24-25-21(18-9-5-3-6-10-18)22(28-24)19-11-7-4-8-12-19/h3-15H,1-2H3,(H,25,26,27). The lowest BCUT2D eigenvalue weighted by Crippen LogP contribution is -2.13. The Balaban J connectivity index is 1.72. The van der Waals surface area contributed by atoms with Gasteiger partial charge >= 0.3 is 0 Å². The van der Waals surface area contributed by atoms with Gasteiger partial charge in [0.05, 0.1) is 10.6 Å². The van der Waals surface area contributed by atoms with Gasteiger partial charge in [-0.05, 0) is 31.0 Å². The van der Waals surface area contributed by atoms with Crippen LogP contribution >= 0.6 is 11.3 Å². The molecule has 4 rings (SSSR count). The molecule has 1 N–H and O–H groups in total. The minimum Gasteiger partial charge on any atom is -0.298 e. The summed E-state index contributed by atoms with van der Waals surface area (Å²) < 4.78 is 0. The van der Waals surface area contributed by atoms with Crippen LogP contribution in [0.5, 0.6) is 0 Å². The molecule has 1 heterocycles. The van der Waals surface area contributed by atoms with E-state index in [9.17, 15) is 4.79 Å². The number of rotatable bonds is 4. The van der Waals surface area contributed by atoms with Crippen LogP contribution in [0.2, 0.25) is 0 Å². The third-order valence-corrected chi connectivity index (χ3v) is 5.58. The number of aromatic nitrogens is 1. The molecular formula is C24H20N2OS. The first-order chi connectivity index (χ1) is 13.6. The lowest BCUT2D eigenvalue weighted by molar-refractivity contribution is 0.102. The number of amides is 1. The molecule has 0 saturated carbocycles. The minimum atomic E-state index is -0.134. The quantitative estimate of drug-likeness (QED) is 0.446. The number of anilines is 1. The maximum Gasteiger partial charge on any atom is 0.257 e. The lowest BCUT2D eigenvalue weighted by Gasteiger charge is -2.06. The van der Waals surface area contributed by atoms with Crippen molar-refractivity contribution in [2.45, 2.75) is 13.8 Å². The van der Waals surface area contributed by atoms with Crippen LogP contribution in [0.1, 0.15) is 21.5 Å². The van der Waals surface area contributed by atoms with Crippen molar-refractivity contribution in [2.24, 2.45) is 0 Å². The van der Waals surface area contributed by atoms with Crippen LogP contribution in [0, 0.1) is 13.8 Å². The Morgan fingerprint density at radius 3 is 2.14 bits per heavy atom. The second-order valence-corrected chi connectivity index (χ2v) is 7.70. The Bertz CT molecular complexity index is 1060. The average molecular weight is 385 g/mol. The molecule has 1 aromatic heterocycles. The first-order valence-electron chi connectivity index (χ1n) is 9.12. The maximum absolute atomic E-state index is 12.8. The van der Waals surface area contributed by atoms with Gasteiger partial charge in [-0.15, -0.1) is 0 Å². The van der Waals surface area contributed by atoms with Crippen molar-refractivity contribution in [3.05, 3.63) is 95.6 Å². The molecule has 4 aromatic rings. The van der Waals surface area contributed by atoms with E-state index < -0.39 is 0 Å². The maximum atomic E-state index is 12.8. The summed E-state index contributed by atoms with van der Waals surface area (Å²) in [5, 5.41) is 3.59. The van der Waals surface area contributed by atoms with Gasteiger partial charge in [0.2, 0.25) is 0 Å². The summed E-state index contributed by atoms with van der Waals surface area (Å²) >= 11 is 1.50. The molecule has 0 saturated heterocycles. The molecule has 138 valence electrons. The zero-order valence-corrected chi connectivity index (χ0v) is 16.6. The SMILES string of the molecule is Cc1ccc(C(=O)Nc2nc(-c3ccccc3)c(-c3ccccc3)s2)c(C)c1. The van der Waals surface area contributed by atoms with Crippen molar-refractivity contribution >= 4 is 22.4 Å². The molecule has 0 unspecified atom stereocenters. The van der Waals surface area contributed by atoms with Gasteiger partial charge in [0.1, 0.15) is 0 Å². The monoisotopic (exact) mass is 384 g/mol. The third-order valence-electron chi connectivity index (χ3n) is 4.56. The molecule has 3 aromatic carbocycles. The number of nitrogens with zero attached hydrogens (tertiary/aromatic N) is 1. The van der Waals surface area contributed by atoms with Crippen LogP contribution in [0.25, 0.3) is 21.7 Å². The Hall–Kier alpha value is -3.24. The van der Waals surface area contributed by atoms with Gasteiger partial charge in [0, 0.05) is 11.1 Å². The molecule has 28 heavy (non-hydrogen) atoms. The number of aryl methyl sites for hydroxylation is 2. The normalized spacial score (nSPS) is 10.6. The summed E-state index contributed by atoms with van der Waals surface area (Å²) in [5.41, 5.74) is 5.77. The van der Waals surface area contributed by atoms with Gasteiger partial charge in [-0.25, -0.2) is 4.98 Å². The van der Waals surface area contributed by atoms with Crippen molar-refractivity contribution in [3.8, 4) is 21.7 Å². The molecule has 0 aliphatic carbocycles. The van der Waals surface area contributed by atoms with E-state index in [0.717, 1.165) is 32.8 Å². The van der Waals surface area contributed by atoms with Crippen molar-refractivity contribution in [1.82, 2.24) is 4.98 Å². The molecule has 3 nitrogen and oxygen atoms in total. The largest absolute Gasteiger partial charge is 0.298 e. The van der Waals surface area contributed by atoms with Crippen molar-refractivity contribution in [2.75, 3.05) is 5.32 Å². The van der Waals surface area contributed by atoms with E-state index in [0.29, 0.717) is 10.7 Å². The number of hydrogen-bond acceptors (Lipinski definition) is 3. The zero-order chi connectivity index (χ0) is 19.5. The van der Waals surface area contributed by atoms with E-state index >= 15 is 0 Å². The van der Waals surface area contributed by atoms with E-state index in [1.807, 2.05) is 80.6 Å². The number of carbonyl (C=O) groups is 1. The predicted molar refractivity (Wildman–Crippen MR) is 117 cm³/mol. The van der Waals surface area contributed by atoms with E-state index in [1.54, 1.807) is 0 Å². The fourth-order valence-electron chi connectivity index (χ4n) is 3.18. The summed E-state index contributed by atoms with van der Waals surface area (Å²) in [7, 11) is 0. The van der Waals surface area contributed by atoms with Gasteiger partial charge in [0.15, 0.2) is 5.13 Å².